The van der Waals surface area contributed by atoms with Gasteiger partial charge in [-0.25, -0.2) is 0 Å². The number of hydrogen-bond donors (Lipinski definition) is 1. The van der Waals surface area contributed by atoms with Crippen molar-refractivity contribution in [2.75, 3.05) is 20.8 Å². The maximum absolute atomic E-state index is 5.39. The van der Waals surface area contributed by atoms with Crippen molar-refractivity contribution in [1.82, 2.24) is 5.32 Å². The highest BCUT2D eigenvalue weighted by Gasteiger charge is 2.20. The van der Waals surface area contributed by atoms with E-state index in [-0.39, 0.29) is 0 Å². The average Bonchev–Trinajstić information content (AvgIpc) is 2.55. The standard InChI is InChI=1S/C18H21NO2/c1-20-17-8-7-13(10-18(17)21-2)9-15-12-19-11-14-5-3-4-6-16(14)15/h3-8,10,15,19H,9,11-12H2,1-2H3. The van der Waals surface area contributed by atoms with Crippen molar-refractivity contribution in [2.45, 2.75) is 18.9 Å². The van der Waals surface area contributed by atoms with Gasteiger partial charge in [0.2, 0.25) is 0 Å². The fourth-order valence-electron chi connectivity index (χ4n) is 3.06. The van der Waals surface area contributed by atoms with E-state index < -0.39 is 0 Å². The van der Waals surface area contributed by atoms with Crippen LogP contribution >= 0.6 is 0 Å². The number of nitrogens with one attached hydrogen (secondary N) is 1. The van der Waals surface area contributed by atoms with Gasteiger partial charge in [-0.1, -0.05) is 30.3 Å². The molecule has 1 N–H and O–H groups in total. The fraction of sp³-hybridized carbons (Fsp3) is 0.333. The molecular formula is C18H21NO2. The van der Waals surface area contributed by atoms with E-state index in [0.717, 1.165) is 31.0 Å². The van der Waals surface area contributed by atoms with Crippen LogP contribution in [0.25, 0.3) is 0 Å². The highest BCUT2D eigenvalue weighted by Crippen LogP contribution is 2.31. The molecule has 1 heterocycles. The molecule has 110 valence electrons. The van der Waals surface area contributed by atoms with Crippen molar-refractivity contribution in [3.63, 3.8) is 0 Å². The highest BCUT2D eigenvalue weighted by atomic mass is 16.5. The second-order valence-corrected chi connectivity index (χ2v) is 5.42. The van der Waals surface area contributed by atoms with Gasteiger partial charge < -0.3 is 14.8 Å². The molecule has 0 fully saturated rings. The lowest BCUT2D eigenvalue weighted by atomic mass is 9.86. The summed E-state index contributed by atoms with van der Waals surface area (Å²) in [6, 6.07) is 14.9. The topological polar surface area (TPSA) is 30.5 Å². The number of methoxy groups -OCH3 is 2. The van der Waals surface area contributed by atoms with Crippen molar-refractivity contribution in [2.24, 2.45) is 0 Å². The molecule has 1 aliphatic rings. The Hall–Kier alpha value is -2.00. The van der Waals surface area contributed by atoms with Crippen LogP contribution in [-0.4, -0.2) is 20.8 Å². The number of benzene rings is 2. The summed E-state index contributed by atoms with van der Waals surface area (Å²) < 4.78 is 10.7. The smallest absolute Gasteiger partial charge is 0.160 e. The third kappa shape index (κ3) is 2.88. The van der Waals surface area contributed by atoms with Gasteiger partial charge in [0.05, 0.1) is 14.2 Å². The Kier molecular flexibility index (Phi) is 4.11. The second kappa shape index (κ2) is 6.19. The Labute approximate surface area is 125 Å². The molecule has 0 saturated heterocycles. The van der Waals surface area contributed by atoms with E-state index >= 15 is 0 Å². The molecule has 3 heteroatoms. The predicted octanol–water partition coefficient (Wildman–Crippen LogP) is 3.13. The number of ether oxygens (including phenoxy) is 2. The van der Waals surface area contributed by atoms with Crippen molar-refractivity contribution in [3.8, 4) is 11.5 Å². The van der Waals surface area contributed by atoms with Gasteiger partial charge in [-0.15, -0.1) is 0 Å². The molecule has 3 rings (SSSR count). The third-order valence-corrected chi connectivity index (χ3v) is 4.13. The Morgan fingerprint density at radius 2 is 1.86 bits per heavy atom. The highest BCUT2D eigenvalue weighted by molar-refractivity contribution is 5.44. The van der Waals surface area contributed by atoms with Crippen LogP contribution in [0.4, 0.5) is 0 Å². The van der Waals surface area contributed by atoms with Crippen LogP contribution in [-0.2, 0) is 13.0 Å². The Bertz CT molecular complexity index is 624. The molecule has 0 amide bonds. The molecule has 0 spiro atoms. The summed E-state index contributed by atoms with van der Waals surface area (Å²) in [7, 11) is 3.35. The predicted molar refractivity (Wildman–Crippen MR) is 84.1 cm³/mol. The van der Waals surface area contributed by atoms with Gasteiger partial charge in [-0.2, -0.15) is 0 Å². The lowest BCUT2D eigenvalue weighted by Gasteiger charge is -2.26. The second-order valence-electron chi connectivity index (χ2n) is 5.42. The van der Waals surface area contributed by atoms with Crippen molar-refractivity contribution < 1.29 is 9.47 Å². The van der Waals surface area contributed by atoms with Gasteiger partial charge in [-0.05, 0) is 35.2 Å². The van der Waals surface area contributed by atoms with Gasteiger partial charge in [-0.3, -0.25) is 0 Å². The average molecular weight is 283 g/mol. The molecule has 0 radical (unpaired) electrons. The summed E-state index contributed by atoms with van der Waals surface area (Å²) in [5.41, 5.74) is 4.15. The first-order chi connectivity index (χ1) is 10.3. The van der Waals surface area contributed by atoms with Crippen LogP contribution in [0, 0.1) is 0 Å². The van der Waals surface area contributed by atoms with Crippen LogP contribution in [0.2, 0.25) is 0 Å². The minimum absolute atomic E-state index is 0.507. The fourth-order valence-corrected chi connectivity index (χ4v) is 3.06. The monoisotopic (exact) mass is 283 g/mol. The SMILES string of the molecule is COc1ccc(CC2CNCc3ccccc32)cc1OC. The summed E-state index contributed by atoms with van der Waals surface area (Å²) >= 11 is 0. The van der Waals surface area contributed by atoms with Gasteiger partial charge in [0.25, 0.3) is 0 Å². The quantitative estimate of drug-likeness (QED) is 0.935. The van der Waals surface area contributed by atoms with E-state index in [9.17, 15) is 0 Å². The Morgan fingerprint density at radius 3 is 2.67 bits per heavy atom. The van der Waals surface area contributed by atoms with E-state index in [2.05, 4.69) is 41.7 Å². The molecule has 1 aliphatic heterocycles. The molecule has 0 aromatic heterocycles. The lowest BCUT2D eigenvalue weighted by molar-refractivity contribution is 0.354. The molecule has 3 nitrogen and oxygen atoms in total. The van der Waals surface area contributed by atoms with Gasteiger partial charge in [0.15, 0.2) is 11.5 Å². The number of fused-ring (bicyclic) bond motifs is 1. The lowest BCUT2D eigenvalue weighted by Crippen LogP contribution is -2.29. The maximum atomic E-state index is 5.39. The first-order valence-electron chi connectivity index (χ1n) is 7.31. The van der Waals surface area contributed by atoms with Crippen LogP contribution in [0.15, 0.2) is 42.5 Å². The molecule has 2 aromatic carbocycles. The molecular weight excluding hydrogens is 262 g/mol. The number of rotatable bonds is 4. The molecule has 21 heavy (non-hydrogen) atoms. The van der Waals surface area contributed by atoms with E-state index in [4.69, 9.17) is 9.47 Å². The van der Waals surface area contributed by atoms with E-state index in [1.165, 1.54) is 16.7 Å². The normalized spacial score (nSPS) is 17.1. The molecule has 2 aromatic rings. The van der Waals surface area contributed by atoms with Crippen molar-refractivity contribution in [3.05, 3.63) is 59.2 Å². The maximum Gasteiger partial charge on any atom is 0.160 e. The van der Waals surface area contributed by atoms with Gasteiger partial charge in [0, 0.05) is 19.0 Å². The van der Waals surface area contributed by atoms with Crippen LogP contribution in [0.3, 0.4) is 0 Å². The number of hydrogen-bond acceptors (Lipinski definition) is 3. The first-order valence-corrected chi connectivity index (χ1v) is 7.31. The zero-order valence-corrected chi connectivity index (χ0v) is 12.6. The molecule has 0 saturated carbocycles. The largest absolute Gasteiger partial charge is 0.493 e. The van der Waals surface area contributed by atoms with Crippen LogP contribution < -0.4 is 14.8 Å². The van der Waals surface area contributed by atoms with Crippen molar-refractivity contribution in [1.29, 1.82) is 0 Å². The van der Waals surface area contributed by atoms with Gasteiger partial charge >= 0.3 is 0 Å². The minimum atomic E-state index is 0.507. The zero-order valence-electron chi connectivity index (χ0n) is 12.6. The molecule has 0 aliphatic carbocycles. The van der Waals surface area contributed by atoms with E-state index in [1.807, 2.05) is 6.07 Å². The molecule has 1 atom stereocenters. The van der Waals surface area contributed by atoms with E-state index in [0.29, 0.717) is 5.92 Å². The summed E-state index contributed by atoms with van der Waals surface area (Å²) in [5, 5.41) is 3.51. The Morgan fingerprint density at radius 1 is 1.05 bits per heavy atom. The Balaban J connectivity index is 1.85. The summed E-state index contributed by atoms with van der Waals surface area (Å²) in [6.07, 6.45) is 1.00. The summed E-state index contributed by atoms with van der Waals surface area (Å²) in [5.74, 6) is 2.09. The summed E-state index contributed by atoms with van der Waals surface area (Å²) in [6.45, 7) is 1.99. The third-order valence-electron chi connectivity index (χ3n) is 4.13. The summed E-state index contributed by atoms with van der Waals surface area (Å²) in [4.78, 5) is 0. The molecule has 1 unspecified atom stereocenters. The minimum Gasteiger partial charge on any atom is -0.493 e. The zero-order chi connectivity index (χ0) is 14.7. The molecule has 0 bridgehead atoms. The first kappa shape index (κ1) is 14.0. The van der Waals surface area contributed by atoms with Crippen LogP contribution in [0.5, 0.6) is 11.5 Å². The van der Waals surface area contributed by atoms with Crippen LogP contribution in [0.1, 0.15) is 22.6 Å². The van der Waals surface area contributed by atoms with Crippen molar-refractivity contribution >= 4 is 0 Å². The van der Waals surface area contributed by atoms with E-state index in [1.54, 1.807) is 14.2 Å². The van der Waals surface area contributed by atoms with Gasteiger partial charge in [0.1, 0.15) is 0 Å².